The lowest BCUT2D eigenvalue weighted by atomic mass is 10.1. The van der Waals surface area contributed by atoms with Gasteiger partial charge in [-0.15, -0.1) is 0 Å². The van der Waals surface area contributed by atoms with E-state index in [1.807, 2.05) is 42.5 Å². The molecule has 0 bridgehead atoms. The van der Waals surface area contributed by atoms with Crippen molar-refractivity contribution in [1.82, 2.24) is 9.97 Å². The number of unbranched alkanes of at least 4 members (excludes halogenated alkanes) is 1. The average molecular weight is 525 g/mol. The fourth-order valence-corrected chi connectivity index (χ4v) is 5.01. The molecule has 0 atom stereocenters. The minimum absolute atomic E-state index is 0.0548. The van der Waals surface area contributed by atoms with Crippen molar-refractivity contribution >= 4 is 39.9 Å². The fraction of sp³-hybridized carbons (Fsp3) is 0.133. The van der Waals surface area contributed by atoms with Gasteiger partial charge in [-0.1, -0.05) is 61.5 Å². The number of rotatable bonds is 9. The summed E-state index contributed by atoms with van der Waals surface area (Å²) in [6.07, 6.45) is 3.32. The van der Waals surface area contributed by atoms with Gasteiger partial charge in [0.1, 0.15) is 11.6 Å². The zero-order valence-electron chi connectivity index (χ0n) is 20.7. The third-order valence-electron chi connectivity index (χ3n) is 6.05. The van der Waals surface area contributed by atoms with Crippen LogP contribution in [0.5, 0.6) is 0 Å². The normalized spacial score (nSPS) is 11.0. The number of non-ortho nitro benzene ring substituents is 1. The van der Waals surface area contributed by atoms with Crippen LogP contribution in [0.4, 0.5) is 21.6 Å². The highest BCUT2D eigenvalue weighted by Gasteiger charge is 2.14. The molecule has 0 unspecified atom stereocenters. The van der Waals surface area contributed by atoms with Gasteiger partial charge >= 0.3 is 0 Å². The zero-order valence-corrected chi connectivity index (χ0v) is 21.5. The van der Waals surface area contributed by atoms with Gasteiger partial charge in [-0.3, -0.25) is 10.1 Å². The summed E-state index contributed by atoms with van der Waals surface area (Å²) in [4.78, 5) is 22.3. The maximum Gasteiger partial charge on any atom is 0.272 e. The number of fused-ring (bicyclic) bond motifs is 1. The molecule has 1 N–H and O–H groups in total. The van der Waals surface area contributed by atoms with Crippen LogP contribution in [0, 0.1) is 15.9 Å². The van der Waals surface area contributed by atoms with Crippen molar-refractivity contribution in [2.24, 2.45) is 0 Å². The predicted octanol–water partition coefficient (Wildman–Crippen LogP) is 8.58. The predicted molar refractivity (Wildman–Crippen MR) is 150 cm³/mol. The van der Waals surface area contributed by atoms with Crippen molar-refractivity contribution in [2.75, 3.05) is 5.32 Å². The molecule has 0 aliphatic heterocycles. The van der Waals surface area contributed by atoms with E-state index in [1.54, 1.807) is 12.1 Å². The van der Waals surface area contributed by atoms with E-state index in [0.29, 0.717) is 22.2 Å². The number of aromatic nitrogens is 2. The second-order valence-corrected chi connectivity index (χ2v) is 10.0. The highest BCUT2D eigenvalue weighted by Crippen LogP contribution is 2.35. The van der Waals surface area contributed by atoms with Crippen LogP contribution in [0.25, 0.3) is 22.3 Å². The van der Waals surface area contributed by atoms with Crippen molar-refractivity contribution in [2.45, 2.75) is 36.0 Å². The first-order valence-electron chi connectivity index (χ1n) is 12.3. The number of halogens is 1. The summed E-state index contributed by atoms with van der Waals surface area (Å²) in [5.41, 5.74) is 3.40. The highest BCUT2D eigenvalue weighted by molar-refractivity contribution is 7.99. The van der Waals surface area contributed by atoms with E-state index in [-0.39, 0.29) is 11.5 Å². The van der Waals surface area contributed by atoms with Gasteiger partial charge in [-0.25, -0.2) is 14.4 Å². The van der Waals surface area contributed by atoms with E-state index >= 15 is 0 Å². The van der Waals surface area contributed by atoms with Crippen LogP contribution in [-0.4, -0.2) is 14.9 Å². The topological polar surface area (TPSA) is 81.0 Å². The number of aryl methyl sites for hydroxylation is 1. The molecule has 0 radical (unpaired) electrons. The van der Waals surface area contributed by atoms with Crippen molar-refractivity contribution in [3.05, 3.63) is 112 Å². The largest absolute Gasteiger partial charge is 0.339 e. The number of nitrogens with one attached hydrogen (secondary N) is 1. The molecule has 1 aromatic heterocycles. The van der Waals surface area contributed by atoms with Gasteiger partial charge in [0.2, 0.25) is 0 Å². The van der Waals surface area contributed by atoms with Crippen LogP contribution < -0.4 is 5.32 Å². The Morgan fingerprint density at radius 2 is 1.68 bits per heavy atom. The first-order valence-corrected chi connectivity index (χ1v) is 13.2. The van der Waals surface area contributed by atoms with Crippen LogP contribution in [0.3, 0.4) is 0 Å². The third kappa shape index (κ3) is 5.98. The molecule has 5 rings (SSSR count). The molecule has 5 aromatic rings. The second kappa shape index (κ2) is 11.4. The average Bonchev–Trinajstić information content (AvgIpc) is 2.93. The first-order chi connectivity index (χ1) is 18.5. The van der Waals surface area contributed by atoms with Crippen molar-refractivity contribution < 1.29 is 9.31 Å². The molecule has 0 saturated heterocycles. The molecule has 0 aliphatic carbocycles. The summed E-state index contributed by atoms with van der Waals surface area (Å²) in [6.45, 7) is 2.18. The van der Waals surface area contributed by atoms with E-state index in [9.17, 15) is 14.5 Å². The Kier molecular flexibility index (Phi) is 7.60. The third-order valence-corrected chi connectivity index (χ3v) is 7.03. The zero-order chi connectivity index (χ0) is 26.5. The molecule has 38 heavy (non-hydrogen) atoms. The van der Waals surface area contributed by atoms with Crippen LogP contribution >= 0.6 is 11.8 Å². The molecular formula is C30H25FN4O2S. The molecule has 6 nitrogen and oxygen atoms in total. The van der Waals surface area contributed by atoms with Gasteiger partial charge in [0, 0.05) is 38.6 Å². The maximum atomic E-state index is 13.3. The molecule has 4 aromatic carbocycles. The Labute approximate surface area is 224 Å². The summed E-state index contributed by atoms with van der Waals surface area (Å²) >= 11 is 1.32. The van der Waals surface area contributed by atoms with Gasteiger partial charge in [0.25, 0.3) is 5.69 Å². The van der Waals surface area contributed by atoms with Crippen LogP contribution in [0.2, 0.25) is 0 Å². The highest BCUT2D eigenvalue weighted by atomic mass is 32.2. The molecule has 0 fully saturated rings. The molecule has 8 heteroatoms. The van der Waals surface area contributed by atoms with Crippen LogP contribution in [0.15, 0.2) is 101 Å². The van der Waals surface area contributed by atoms with Crippen molar-refractivity contribution in [3.8, 4) is 11.4 Å². The Morgan fingerprint density at radius 3 is 2.42 bits per heavy atom. The van der Waals surface area contributed by atoms with Gasteiger partial charge in [0.05, 0.1) is 10.4 Å². The molecule has 0 spiro atoms. The summed E-state index contributed by atoms with van der Waals surface area (Å²) in [7, 11) is 0. The number of anilines is 2. The standard InChI is InChI=1S/C30H25FN4O2S/c1-2-3-6-20-9-11-21(12-10-20)29-33-28-8-5-4-7-27(28)30(34-29)32-23-17-24(35(36)37)19-26(18-23)38-25-15-13-22(31)14-16-25/h4-5,7-19H,2-3,6H2,1H3,(H,32,33,34). The number of hydrogen-bond donors (Lipinski definition) is 1. The van der Waals surface area contributed by atoms with E-state index in [0.717, 1.165) is 40.6 Å². The number of benzene rings is 4. The Balaban J connectivity index is 1.51. The summed E-state index contributed by atoms with van der Waals surface area (Å²) < 4.78 is 13.3. The van der Waals surface area contributed by atoms with Crippen LogP contribution in [-0.2, 0) is 6.42 Å². The fourth-order valence-electron chi connectivity index (χ4n) is 4.10. The van der Waals surface area contributed by atoms with E-state index in [1.165, 1.54) is 41.6 Å². The van der Waals surface area contributed by atoms with E-state index < -0.39 is 4.92 Å². The number of nitro benzene ring substituents is 1. The maximum absolute atomic E-state index is 13.3. The molecule has 0 saturated carbocycles. The quantitative estimate of drug-likeness (QED) is 0.154. The Hall–Kier alpha value is -4.30. The van der Waals surface area contributed by atoms with E-state index in [2.05, 4.69) is 24.4 Å². The molecule has 0 amide bonds. The summed E-state index contributed by atoms with van der Waals surface area (Å²) in [6, 6.07) is 26.8. The first kappa shape index (κ1) is 25.4. The number of hydrogen-bond acceptors (Lipinski definition) is 6. The van der Waals surface area contributed by atoms with Crippen LogP contribution in [0.1, 0.15) is 25.3 Å². The minimum Gasteiger partial charge on any atom is -0.339 e. The van der Waals surface area contributed by atoms with Gasteiger partial charge in [-0.05, 0) is 60.9 Å². The van der Waals surface area contributed by atoms with E-state index in [4.69, 9.17) is 9.97 Å². The SMILES string of the molecule is CCCCc1ccc(-c2nc(Nc3cc(Sc4ccc(F)cc4)cc([N+](=O)[O-])c3)c3ccccc3n2)cc1. The lowest BCUT2D eigenvalue weighted by molar-refractivity contribution is -0.385. The Morgan fingerprint density at radius 1 is 0.921 bits per heavy atom. The number of nitro groups is 1. The molecule has 1 heterocycles. The number of para-hydroxylation sites is 1. The molecule has 190 valence electrons. The van der Waals surface area contributed by atoms with Gasteiger partial charge in [0.15, 0.2) is 5.82 Å². The van der Waals surface area contributed by atoms with Gasteiger partial charge in [-0.2, -0.15) is 0 Å². The van der Waals surface area contributed by atoms with Crippen molar-refractivity contribution in [1.29, 1.82) is 0 Å². The minimum atomic E-state index is -0.427. The number of nitrogens with zero attached hydrogens (tertiary/aromatic N) is 3. The molecule has 0 aliphatic rings. The van der Waals surface area contributed by atoms with Gasteiger partial charge < -0.3 is 5.32 Å². The molecular weight excluding hydrogens is 499 g/mol. The van der Waals surface area contributed by atoms with Crippen molar-refractivity contribution in [3.63, 3.8) is 0 Å². The lowest BCUT2D eigenvalue weighted by Crippen LogP contribution is -2.00. The second-order valence-electron chi connectivity index (χ2n) is 8.87. The summed E-state index contributed by atoms with van der Waals surface area (Å²) in [5, 5.41) is 15.8. The Bertz CT molecular complexity index is 1590. The summed E-state index contributed by atoms with van der Waals surface area (Å²) in [5.74, 6) is 0.788. The monoisotopic (exact) mass is 524 g/mol. The smallest absolute Gasteiger partial charge is 0.272 e. The lowest BCUT2D eigenvalue weighted by Gasteiger charge is -2.12.